The van der Waals surface area contributed by atoms with Gasteiger partial charge in [0.05, 0.1) is 0 Å². The summed E-state index contributed by atoms with van der Waals surface area (Å²) in [5, 5.41) is 5.86. The predicted molar refractivity (Wildman–Crippen MR) is 108 cm³/mol. The van der Waals surface area contributed by atoms with E-state index in [4.69, 9.17) is 0 Å². The monoisotopic (exact) mass is 405 g/mol. The number of rotatable bonds is 7. The lowest BCUT2D eigenvalue weighted by Gasteiger charge is -2.18. The van der Waals surface area contributed by atoms with Crippen molar-refractivity contribution in [1.82, 2.24) is 0 Å². The van der Waals surface area contributed by atoms with Crippen LogP contribution in [0, 0.1) is 0 Å². The molecule has 0 aromatic heterocycles. The van der Waals surface area contributed by atoms with Crippen LogP contribution in [0.5, 0.6) is 0 Å². The van der Waals surface area contributed by atoms with E-state index in [9.17, 15) is 18.4 Å². The third-order valence-electron chi connectivity index (χ3n) is 4.38. The molecule has 5 nitrogen and oxygen atoms in total. The zero-order chi connectivity index (χ0) is 20.1. The Morgan fingerprint density at radius 1 is 1.07 bits per heavy atom. The van der Waals surface area contributed by atoms with Gasteiger partial charge in [-0.3, -0.25) is 9.59 Å². The Kier molecular flexibility index (Phi) is 6.51. The summed E-state index contributed by atoms with van der Waals surface area (Å²) in [5.74, 6) is -2.58. The van der Waals surface area contributed by atoms with Crippen molar-refractivity contribution >= 4 is 40.6 Å². The Morgan fingerprint density at radius 2 is 1.71 bits per heavy atom. The van der Waals surface area contributed by atoms with Crippen molar-refractivity contribution in [1.29, 1.82) is 0 Å². The van der Waals surface area contributed by atoms with Crippen molar-refractivity contribution in [3.8, 4) is 0 Å². The number of carbonyl (C=O) groups is 2. The van der Waals surface area contributed by atoms with Crippen LogP contribution in [0.1, 0.15) is 19.8 Å². The van der Waals surface area contributed by atoms with Gasteiger partial charge in [0.25, 0.3) is 5.76 Å². The van der Waals surface area contributed by atoms with Crippen LogP contribution in [-0.4, -0.2) is 30.2 Å². The summed E-state index contributed by atoms with van der Waals surface area (Å²) in [6.45, 7) is 2.47. The molecule has 2 aromatic rings. The number of thioether (sulfide) groups is 1. The van der Waals surface area contributed by atoms with Gasteiger partial charge in [-0.05, 0) is 61.9 Å². The van der Waals surface area contributed by atoms with E-state index in [1.165, 1.54) is 0 Å². The first-order chi connectivity index (χ1) is 13.4. The zero-order valence-electron chi connectivity index (χ0n) is 15.3. The van der Waals surface area contributed by atoms with E-state index in [1.807, 2.05) is 24.3 Å². The number of alkyl halides is 2. The van der Waals surface area contributed by atoms with Crippen LogP contribution in [0.15, 0.2) is 53.4 Å². The van der Waals surface area contributed by atoms with Crippen LogP contribution in [0.4, 0.5) is 25.8 Å². The number of amides is 2. The van der Waals surface area contributed by atoms with Gasteiger partial charge in [-0.2, -0.15) is 8.78 Å². The standard InChI is InChI=1S/C20H21F2N3O2S/c1-13(19(27)24-15-6-10-17(11-7-15)28-20(21)22)23-14-4-8-16(9-5-14)25-12-2-3-18(25)26/h4-11,13,20,23H,2-3,12H2,1H3,(H,24,27)/t13-/m1/s1. The number of carbonyl (C=O) groups excluding carboxylic acids is 2. The Morgan fingerprint density at radius 3 is 2.29 bits per heavy atom. The van der Waals surface area contributed by atoms with E-state index < -0.39 is 11.8 Å². The van der Waals surface area contributed by atoms with Gasteiger partial charge in [0.1, 0.15) is 6.04 Å². The third kappa shape index (κ3) is 5.22. The van der Waals surface area contributed by atoms with Crippen molar-refractivity contribution in [2.24, 2.45) is 0 Å². The maximum atomic E-state index is 12.3. The average Bonchev–Trinajstić information content (AvgIpc) is 3.09. The minimum Gasteiger partial charge on any atom is -0.374 e. The number of halogens is 2. The fraction of sp³-hybridized carbons (Fsp3) is 0.300. The first-order valence-corrected chi connectivity index (χ1v) is 9.83. The van der Waals surface area contributed by atoms with Gasteiger partial charge in [0.15, 0.2) is 0 Å². The van der Waals surface area contributed by atoms with Gasteiger partial charge in [-0.1, -0.05) is 11.8 Å². The molecule has 1 atom stereocenters. The minimum absolute atomic E-state index is 0.131. The van der Waals surface area contributed by atoms with Crippen LogP contribution in [0.25, 0.3) is 0 Å². The molecule has 0 aliphatic carbocycles. The highest BCUT2D eigenvalue weighted by Crippen LogP contribution is 2.26. The largest absolute Gasteiger partial charge is 0.374 e. The summed E-state index contributed by atoms with van der Waals surface area (Å²) in [6, 6.07) is 13.2. The lowest BCUT2D eigenvalue weighted by atomic mass is 10.2. The normalized spacial score (nSPS) is 15.0. The van der Waals surface area contributed by atoms with E-state index in [1.54, 1.807) is 36.1 Å². The molecule has 3 rings (SSSR count). The fourth-order valence-electron chi connectivity index (χ4n) is 2.94. The Balaban J connectivity index is 1.54. The molecule has 0 saturated carbocycles. The zero-order valence-corrected chi connectivity index (χ0v) is 16.1. The highest BCUT2D eigenvalue weighted by atomic mass is 32.2. The molecule has 2 aromatic carbocycles. The second-order valence-corrected chi connectivity index (χ2v) is 7.52. The van der Waals surface area contributed by atoms with Gasteiger partial charge in [-0.15, -0.1) is 0 Å². The summed E-state index contributed by atoms with van der Waals surface area (Å²) in [5.41, 5.74) is 2.16. The number of hydrogen-bond acceptors (Lipinski definition) is 4. The Labute approximate surface area is 166 Å². The molecule has 1 aliphatic heterocycles. The molecule has 0 unspecified atom stereocenters. The fourth-order valence-corrected chi connectivity index (χ4v) is 3.44. The lowest BCUT2D eigenvalue weighted by molar-refractivity contribution is -0.117. The van der Waals surface area contributed by atoms with E-state index in [-0.39, 0.29) is 11.8 Å². The first kappa shape index (κ1) is 20.1. The second-order valence-electron chi connectivity index (χ2n) is 6.45. The van der Waals surface area contributed by atoms with Gasteiger partial charge >= 0.3 is 0 Å². The van der Waals surface area contributed by atoms with Crippen molar-refractivity contribution in [2.45, 2.75) is 36.5 Å². The van der Waals surface area contributed by atoms with E-state index >= 15 is 0 Å². The van der Waals surface area contributed by atoms with Gasteiger partial charge in [-0.25, -0.2) is 0 Å². The van der Waals surface area contributed by atoms with Crippen molar-refractivity contribution in [3.05, 3.63) is 48.5 Å². The number of hydrogen-bond donors (Lipinski definition) is 2. The van der Waals surface area contributed by atoms with Crippen LogP contribution in [-0.2, 0) is 9.59 Å². The van der Waals surface area contributed by atoms with E-state index in [0.717, 1.165) is 24.3 Å². The molecule has 0 spiro atoms. The quantitative estimate of drug-likeness (QED) is 0.663. The molecule has 148 valence electrons. The molecular formula is C20H21F2N3O2S. The second kappa shape index (κ2) is 9.05. The number of nitrogens with one attached hydrogen (secondary N) is 2. The molecule has 0 bridgehead atoms. The highest BCUT2D eigenvalue weighted by molar-refractivity contribution is 7.99. The predicted octanol–water partition coefficient (Wildman–Crippen LogP) is 4.57. The maximum Gasteiger partial charge on any atom is 0.288 e. The molecule has 1 aliphatic rings. The Bertz CT molecular complexity index is 828. The van der Waals surface area contributed by atoms with Crippen molar-refractivity contribution in [2.75, 3.05) is 22.1 Å². The molecule has 1 saturated heterocycles. The number of benzene rings is 2. The summed E-state index contributed by atoms with van der Waals surface area (Å²) >= 11 is 0.461. The third-order valence-corrected chi connectivity index (χ3v) is 5.10. The van der Waals surface area contributed by atoms with Crippen molar-refractivity contribution < 1.29 is 18.4 Å². The van der Waals surface area contributed by atoms with Gasteiger partial charge in [0, 0.05) is 34.9 Å². The highest BCUT2D eigenvalue weighted by Gasteiger charge is 2.21. The smallest absolute Gasteiger partial charge is 0.288 e. The molecule has 0 radical (unpaired) electrons. The molecular weight excluding hydrogens is 384 g/mol. The first-order valence-electron chi connectivity index (χ1n) is 8.95. The summed E-state index contributed by atoms with van der Waals surface area (Å²) in [7, 11) is 0. The molecule has 8 heteroatoms. The molecule has 28 heavy (non-hydrogen) atoms. The summed E-state index contributed by atoms with van der Waals surface area (Å²) < 4.78 is 24.7. The van der Waals surface area contributed by atoms with Gasteiger partial charge in [0.2, 0.25) is 11.8 Å². The van der Waals surface area contributed by atoms with E-state index in [0.29, 0.717) is 28.8 Å². The van der Waals surface area contributed by atoms with Crippen LogP contribution >= 0.6 is 11.8 Å². The van der Waals surface area contributed by atoms with Crippen LogP contribution in [0.3, 0.4) is 0 Å². The Hall–Kier alpha value is -2.61. The SMILES string of the molecule is C[C@@H](Nc1ccc(N2CCCC2=O)cc1)C(=O)Nc1ccc(SC(F)F)cc1. The van der Waals surface area contributed by atoms with Gasteiger partial charge < -0.3 is 15.5 Å². The van der Waals surface area contributed by atoms with Crippen LogP contribution in [0.2, 0.25) is 0 Å². The maximum absolute atomic E-state index is 12.3. The minimum atomic E-state index is -2.47. The van der Waals surface area contributed by atoms with Crippen molar-refractivity contribution in [3.63, 3.8) is 0 Å². The molecule has 1 fully saturated rings. The average molecular weight is 405 g/mol. The summed E-state index contributed by atoms with van der Waals surface area (Å²) in [4.78, 5) is 26.3. The lowest BCUT2D eigenvalue weighted by Crippen LogP contribution is -2.31. The topological polar surface area (TPSA) is 61.4 Å². The number of nitrogens with zero attached hydrogens (tertiary/aromatic N) is 1. The molecule has 1 heterocycles. The number of anilines is 3. The van der Waals surface area contributed by atoms with E-state index in [2.05, 4.69) is 10.6 Å². The molecule has 2 N–H and O–H groups in total. The molecule has 2 amide bonds. The summed E-state index contributed by atoms with van der Waals surface area (Å²) in [6.07, 6.45) is 1.46. The van der Waals surface area contributed by atoms with Crippen LogP contribution < -0.4 is 15.5 Å².